The van der Waals surface area contributed by atoms with E-state index in [1.807, 2.05) is 0 Å². The molecule has 0 aliphatic carbocycles. The lowest BCUT2D eigenvalue weighted by atomic mass is 10.2. The van der Waals surface area contributed by atoms with Crippen LogP contribution in [-0.2, 0) is 4.79 Å². The van der Waals surface area contributed by atoms with Crippen LogP contribution < -0.4 is 5.32 Å². The second-order valence-corrected chi connectivity index (χ2v) is 4.32. The highest BCUT2D eigenvalue weighted by molar-refractivity contribution is 9.10. The maximum Gasteiger partial charge on any atom is 0.254 e. The lowest BCUT2D eigenvalue weighted by molar-refractivity contribution is -0.121. The summed E-state index contributed by atoms with van der Waals surface area (Å²) in [6.45, 7) is -0.0625. The summed E-state index contributed by atoms with van der Waals surface area (Å²) >= 11 is 3.00. The van der Waals surface area contributed by atoms with Crippen molar-refractivity contribution < 1.29 is 14.0 Å². The molecule has 0 radical (unpaired) electrons. The first kappa shape index (κ1) is 13.6. The van der Waals surface area contributed by atoms with Gasteiger partial charge in [0.1, 0.15) is 5.82 Å². The van der Waals surface area contributed by atoms with E-state index in [-0.39, 0.29) is 18.0 Å². The molecule has 0 atom stereocenters. The number of likely N-dealkylation sites (N-methyl/N-ethyl adjacent to an activating group) is 2. The van der Waals surface area contributed by atoms with Crippen molar-refractivity contribution in [2.24, 2.45) is 0 Å². The van der Waals surface area contributed by atoms with E-state index in [1.54, 1.807) is 0 Å². The number of carbonyl (C=O) groups is 2. The van der Waals surface area contributed by atoms with E-state index in [2.05, 4.69) is 21.2 Å². The normalized spacial score (nSPS) is 9.88. The maximum atomic E-state index is 13.2. The Morgan fingerprint density at radius 2 is 2.12 bits per heavy atom. The number of rotatable bonds is 3. The summed E-state index contributed by atoms with van der Waals surface area (Å²) < 4.78 is 13.5. The first-order valence-corrected chi connectivity index (χ1v) is 5.66. The Labute approximate surface area is 107 Å². The molecule has 0 aliphatic heterocycles. The number of nitrogens with one attached hydrogen (secondary N) is 1. The molecule has 0 bridgehead atoms. The molecule has 1 rings (SSSR count). The molecule has 0 heterocycles. The highest BCUT2D eigenvalue weighted by Gasteiger charge is 2.15. The topological polar surface area (TPSA) is 49.4 Å². The second kappa shape index (κ2) is 5.77. The SMILES string of the molecule is CNC(=O)CN(C)C(=O)c1ccc(Br)c(F)c1. The third-order valence-corrected chi connectivity index (χ3v) is 2.82. The van der Waals surface area contributed by atoms with Crippen LogP contribution in [0.4, 0.5) is 4.39 Å². The quantitative estimate of drug-likeness (QED) is 0.918. The first-order chi connectivity index (χ1) is 7.95. The van der Waals surface area contributed by atoms with Crippen LogP contribution in [0.5, 0.6) is 0 Å². The van der Waals surface area contributed by atoms with Crippen LogP contribution in [0.15, 0.2) is 22.7 Å². The number of hydrogen-bond acceptors (Lipinski definition) is 2. The Bertz CT molecular complexity index is 451. The highest BCUT2D eigenvalue weighted by Crippen LogP contribution is 2.17. The number of carbonyl (C=O) groups excluding carboxylic acids is 2. The van der Waals surface area contributed by atoms with Gasteiger partial charge in [-0.05, 0) is 34.1 Å². The van der Waals surface area contributed by atoms with Gasteiger partial charge in [-0.1, -0.05) is 0 Å². The summed E-state index contributed by atoms with van der Waals surface area (Å²) in [4.78, 5) is 24.1. The zero-order valence-corrected chi connectivity index (χ0v) is 11.0. The lowest BCUT2D eigenvalue weighted by Gasteiger charge is -2.16. The van der Waals surface area contributed by atoms with Gasteiger partial charge in [-0.25, -0.2) is 4.39 Å². The molecule has 17 heavy (non-hydrogen) atoms. The Kier molecular flexibility index (Phi) is 4.62. The van der Waals surface area contributed by atoms with E-state index in [4.69, 9.17) is 0 Å². The van der Waals surface area contributed by atoms with E-state index in [0.717, 1.165) is 6.07 Å². The highest BCUT2D eigenvalue weighted by atomic mass is 79.9. The molecule has 0 aliphatic rings. The van der Waals surface area contributed by atoms with Crippen molar-refractivity contribution in [3.8, 4) is 0 Å². The summed E-state index contributed by atoms with van der Waals surface area (Å²) in [6, 6.07) is 4.08. The van der Waals surface area contributed by atoms with Crippen molar-refractivity contribution in [3.05, 3.63) is 34.1 Å². The van der Waals surface area contributed by atoms with Crippen LogP contribution in [0.1, 0.15) is 10.4 Å². The molecule has 2 amide bonds. The van der Waals surface area contributed by atoms with Gasteiger partial charge in [0.05, 0.1) is 11.0 Å². The van der Waals surface area contributed by atoms with Crippen LogP contribution in [0.25, 0.3) is 0 Å². The lowest BCUT2D eigenvalue weighted by Crippen LogP contribution is -2.36. The van der Waals surface area contributed by atoms with Crippen LogP contribution in [0, 0.1) is 5.82 Å². The molecule has 1 N–H and O–H groups in total. The molecular weight excluding hydrogens is 291 g/mol. The fourth-order valence-corrected chi connectivity index (χ4v) is 1.46. The largest absolute Gasteiger partial charge is 0.358 e. The van der Waals surface area contributed by atoms with Gasteiger partial charge < -0.3 is 10.2 Å². The summed E-state index contributed by atoms with van der Waals surface area (Å²) in [7, 11) is 2.97. The molecule has 1 aromatic carbocycles. The zero-order valence-electron chi connectivity index (χ0n) is 9.46. The minimum Gasteiger partial charge on any atom is -0.358 e. The average molecular weight is 303 g/mol. The predicted molar refractivity (Wildman–Crippen MR) is 65.1 cm³/mol. The minimum atomic E-state index is -0.510. The molecular formula is C11H12BrFN2O2. The molecule has 1 aromatic rings. The first-order valence-electron chi connectivity index (χ1n) is 4.86. The van der Waals surface area contributed by atoms with Crippen LogP contribution >= 0.6 is 15.9 Å². The summed E-state index contributed by atoms with van der Waals surface area (Å²) in [6.07, 6.45) is 0. The van der Waals surface area contributed by atoms with Crippen molar-refractivity contribution >= 4 is 27.7 Å². The van der Waals surface area contributed by atoms with Crippen LogP contribution in [0.3, 0.4) is 0 Å². The molecule has 4 nitrogen and oxygen atoms in total. The molecule has 6 heteroatoms. The van der Waals surface area contributed by atoms with Crippen molar-refractivity contribution in [1.82, 2.24) is 10.2 Å². The summed E-state index contributed by atoms with van der Waals surface area (Å²) in [5, 5.41) is 2.41. The van der Waals surface area contributed by atoms with Gasteiger partial charge in [0.25, 0.3) is 5.91 Å². The van der Waals surface area contributed by atoms with Gasteiger partial charge in [-0.15, -0.1) is 0 Å². The smallest absolute Gasteiger partial charge is 0.254 e. The van der Waals surface area contributed by atoms with Crippen molar-refractivity contribution in [2.75, 3.05) is 20.6 Å². The number of nitrogens with zero attached hydrogens (tertiary/aromatic N) is 1. The minimum absolute atomic E-state index is 0.0625. The van der Waals surface area contributed by atoms with Crippen molar-refractivity contribution in [3.63, 3.8) is 0 Å². The van der Waals surface area contributed by atoms with Gasteiger partial charge in [0, 0.05) is 19.7 Å². The number of hydrogen-bond donors (Lipinski definition) is 1. The molecule has 0 saturated heterocycles. The maximum absolute atomic E-state index is 13.2. The van der Waals surface area contributed by atoms with E-state index < -0.39 is 11.7 Å². The molecule has 0 saturated carbocycles. The van der Waals surface area contributed by atoms with Gasteiger partial charge in [0.15, 0.2) is 0 Å². The number of benzene rings is 1. The Balaban J connectivity index is 2.81. The van der Waals surface area contributed by atoms with E-state index in [9.17, 15) is 14.0 Å². The van der Waals surface area contributed by atoms with E-state index >= 15 is 0 Å². The molecule has 0 spiro atoms. The zero-order chi connectivity index (χ0) is 13.0. The molecule has 0 fully saturated rings. The number of halogens is 2. The third kappa shape index (κ3) is 3.52. The summed E-state index contributed by atoms with van der Waals surface area (Å²) in [5.74, 6) is -1.19. The molecule has 0 aromatic heterocycles. The third-order valence-electron chi connectivity index (χ3n) is 2.17. The molecule has 92 valence electrons. The van der Waals surface area contributed by atoms with Crippen molar-refractivity contribution in [1.29, 1.82) is 0 Å². The Morgan fingerprint density at radius 3 is 2.65 bits per heavy atom. The molecule has 0 unspecified atom stereocenters. The number of amides is 2. The average Bonchev–Trinajstić information content (AvgIpc) is 2.31. The standard InChI is InChI=1S/C11H12BrFN2O2/c1-14-10(16)6-15(2)11(17)7-3-4-8(12)9(13)5-7/h3-5H,6H2,1-2H3,(H,14,16). The fraction of sp³-hybridized carbons (Fsp3) is 0.273. The Hall–Kier alpha value is -1.43. The van der Waals surface area contributed by atoms with Crippen LogP contribution in [-0.4, -0.2) is 37.4 Å². The van der Waals surface area contributed by atoms with Gasteiger partial charge in [-0.3, -0.25) is 9.59 Å². The van der Waals surface area contributed by atoms with Crippen LogP contribution in [0.2, 0.25) is 0 Å². The fourth-order valence-electron chi connectivity index (χ4n) is 1.22. The van der Waals surface area contributed by atoms with E-state index in [1.165, 1.54) is 31.1 Å². The van der Waals surface area contributed by atoms with Gasteiger partial charge >= 0.3 is 0 Å². The second-order valence-electron chi connectivity index (χ2n) is 3.46. The van der Waals surface area contributed by atoms with Gasteiger partial charge in [0.2, 0.25) is 5.91 Å². The van der Waals surface area contributed by atoms with E-state index in [0.29, 0.717) is 4.47 Å². The van der Waals surface area contributed by atoms with Gasteiger partial charge in [-0.2, -0.15) is 0 Å². The predicted octanol–water partition coefficient (Wildman–Crippen LogP) is 1.41. The summed E-state index contributed by atoms with van der Waals surface area (Å²) in [5.41, 5.74) is 0.206. The monoisotopic (exact) mass is 302 g/mol. The Morgan fingerprint density at radius 1 is 1.47 bits per heavy atom. The van der Waals surface area contributed by atoms with Crippen molar-refractivity contribution in [2.45, 2.75) is 0 Å².